The van der Waals surface area contributed by atoms with E-state index in [4.69, 9.17) is 4.74 Å². The number of rotatable bonds is 6. The largest absolute Gasteiger partial charge is 0.388 e. The van der Waals surface area contributed by atoms with Crippen LogP contribution in [-0.4, -0.2) is 43.4 Å². The van der Waals surface area contributed by atoms with Gasteiger partial charge in [-0.25, -0.2) is 8.78 Å². The summed E-state index contributed by atoms with van der Waals surface area (Å²) in [6, 6.07) is 3.91. The Balaban J connectivity index is 1.80. The SMILES string of the molecule is CN(CCC(O)c1cccc(F)c1F)CC1CCOCC1. The zero-order valence-electron chi connectivity index (χ0n) is 12.4. The van der Waals surface area contributed by atoms with E-state index in [0.717, 1.165) is 38.7 Å². The number of aliphatic hydroxyl groups excluding tert-OH is 1. The van der Waals surface area contributed by atoms with Crippen LogP contribution in [-0.2, 0) is 4.74 Å². The smallest absolute Gasteiger partial charge is 0.164 e. The lowest BCUT2D eigenvalue weighted by Gasteiger charge is -2.27. The molecule has 1 unspecified atom stereocenters. The summed E-state index contributed by atoms with van der Waals surface area (Å²) in [5.74, 6) is -1.24. The summed E-state index contributed by atoms with van der Waals surface area (Å²) in [6.45, 7) is 3.22. The topological polar surface area (TPSA) is 32.7 Å². The third-order valence-electron chi connectivity index (χ3n) is 4.04. The predicted octanol–water partition coefficient (Wildman–Crippen LogP) is 2.75. The molecule has 0 aromatic heterocycles. The number of halogens is 2. The van der Waals surface area contributed by atoms with Crippen molar-refractivity contribution in [2.45, 2.75) is 25.4 Å². The maximum atomic E-state index is 13.6. The Morgan fingerprint density at radius 1 is 1.33 bits per heavy atom. The van der Waals surface area contributed by atoms with Crippen LogP contribution in [0.3, 0.4) is 0 Å². The van der Waals surface area contributed by atoms with E-state index in [9.17, 15) is 13.9 Å². The quantitative estimate of drug-likeness (QED) is 0.877. The highest BCUT2D eigenvalue weighted by molar-refractivity contribution is 5.21. The normalized spacial score (nSPS) is 18.1. The van der Waals surface area contributed by atoms with Gasteiger partial charge in [-0.15, -0.1) is 0 Å². The van der Waals surface area contributed by atoms with Crippen LogP contribution in [0.4, 0.5) is 8.78 Å². The fourth-order valence-electron chi connectivity index (χ4n) is 2.74. The minimum atomic E-state index is -0.974. The summed E-state index contributed by atoms with van der Waals surface area (Å²) >= 11 is 0. The van der Waals surface area contributed by atoms with Gasteiger partial charge in [0.2, 0.25) is 0 Å². The standard InChI is InChI=1S/C16H23F2NO2/c1-19(11-12-6-9-21-10-7-12)8-5-15(20)13-3-2-4-14(17)16(13)18/h2-4,12,15,20H,5-11H2,1H3. The molecule has 0 radical (unpaired) electrons. The second-order valence-electron chi connectivity index (χ2n) is 5.77. The van der Waals surface area contributed by atoms with Crippen LogP contribution in [0.25, 0.3) is 0 Å². The van der Waals surface area contributed by atoms with Gasteiger partial charge in [0.1, 0.15) is 0 Å². The summed E-state index contributed by atoms with van der Waals surface area (Å²) in [6.07, 6.45) is 1.54. The number of hydrogen-bond acceptors (Lipinski definition) is 3. The van der Waals surface area contributed by atoms with Gasteiger partial charge in [0.15, 0.2) is 11.6 Å². The van der Waals surface area contributed by atoms with Crippen LogP contribution in [0.5, 0.6) is 0 Å². The van der Waals surface area contributed by atoms with Crippen LogP contribution in [0, 0.1) is 17.6 Å². The average molecular weight is 299 g/mol. The lowest BCUT2D eigenvalue weighted by molar-refractivity contribution is 0.0533. The second kappa shape index (κ2) is 7.82. The molecule has 0 spiro atoms. The van der Waals surface area contributed by atoms with E-state index < -0.39 is 17.7 Å². The molecule has 1 aromatic carbocycles. The number of nitrogens with zero attached hydrogens (tertiary/aromatic N) is 1. The molecule has 1 N–H and O–H groups in total. The highest BCUT2D eigenvalue weighted by atomic mass is 19.2. The molecule has 0 amide bonds. The summed E-state index contributed by atoms with van der Waals surface area (Å²) in [7, 11) is 1.99. The Hall–Kier alpha value is -1.04. The van der Waals surface area contributed by atoms with E-state index in [0.29, 0.717) is 18.9 Å². The zero-order chi connectivity index (χ0) is 15.2. The van der Waals surface area contributed by atoms with E-state index in [1.807, 2.05) is 7.05 Å². The van der Waals surface area contributed by atoms with Crippen molar-refractivity contribution in [1.29, 1.82) is 0 Å². The van der Waals surface area contributed by atoms with Crippen LogP contribution >= 0.6 is 0 Å². The Morgan fingerprint density at radius 2 is 2.05 bits per heavy atom. The molecule has 1 fully saturated rings. The Labute approximate surface area is 124 Å². The molecule has 118 valence electrons. The monoisotopic (exact) mass is 299 g/mol. The molecule has 1 saturated heterocycles. The van der Waals surface area contributed by atoms with Crippen LogP contribution in [0.15, 0.2) is 18.2 Å². The maximum Gasteiger partial charge on any atom is 0.164 e. The first-order valence-corrected chi connectivity index (χ1v) is 7.46. The zero-order valence-corrected chi connectivity index (χ0v) is 12.4. The number of aliphatic hydroxyl groups is 1. The predicted molar refractivity (Wildman–Crippen MR) is 77.0 cm³/mol. The van der Waals surface area contributed by atoms with Gasteiger partial charge in [-0.3, -0.25) is 0 Å². The lowest BCUT2D eigenvalue weighted by Crippen LogP contribution is -2.31. The number of ether oxygens (including phenoxy) is 1. The van der Waals surface area contributed by atoms with E-state index in [1.54, 1.807) is 0 Å². The van der Waals surface area contributed by atoms with Gasteiger partial charge >= 0.3 is 0 Å². The Kier molecular flexibility index (Phi) is 6.08. The Morgan fingerprint density at radius 3 is 2.76 bits per heavy atom. The molecule has 21 heavy (non-hydrogen) atoms. The summed E-state index contributed by atoms with van der Waals surface area (Å²) in [5.41, 5.74) is 0.0365. The van der Waals surface area contributed by atoms with Crippen molar-refractivity contribution >= 4 is 0 Å². The van der Waals surface area contributed by atoms with Crippen LogP contribution < -0.4 is 0 Å². The Bertz CT molecular complexity index is 450. The van der Waals surface area contributed by atoms with E-state index in [-0.39, 0.29) is 5.56 Å². The second-order valence-corrected chi connectivity index (χ2v) is 5.77. The van der Waals surface area contributed by atoms with Gasteiger partial charge < -0.3 is 14.7 Å². The van der Waals surface area contributed by atoms with Gasteiger partial charge in [0, 0.05) is 31.9 Å². The van der Waals surface area contributed by atoms with Crippen molar-refractivity contribution in [1.82, 2.24) is 4.90 Å². The third-order valence-corrected chi connectivity index (χ3v) is 4.04. The molecule has 1 aliphatic rings. The molecule has 1 heterocycles. The third kappa shape index (κ3) is 4.73. The van der Waals surface area contributed by atoms with Crippen molar-refractivity contribution in [3.8, 4) is 0 Å². The van der Waals surface area contributed by atoms with Gasteiger partial charge in [-0.1, -0.05) is 12.1 Å². The molecule has 2 rings (SSSR count). The van der Waals surface area contributed by atoms with Gasteiger partial charge in [-0.2, -0.15) is 0 Å². The highest BCUT2D eigenvalue weighted by Crippen LogP contribution is 2.22. The van der Waals surface area contributed by atoms with Gasteiger partial charge in [0.05, 0.1) is 6.10 Å². The maximum absolute atomic E-state index is 13.6. The molecule has 1 aliphatic heterocycles. The summed E-state index contributed by atoms with van der Waals surface area (Å²) in [5, 5.41) is 10.0. The van der Waals surface area contributed by atoms with E-state index in [2.05, 4.69) is 4.90 Å². The highest BCUT2D eigenvalue weighted by Gasteiger charge is 2.18. The number of benzene rings is 1. The van der Waals surface area contributed by atoms with E-state index >= 15 is 0 Å². The fourth-order valence-corrected chi connectivity index (χ4v) is 2.74. The molecule has 1 aromatic rings. The number of hydrogen-bond donors (Lipinski definition) is 1. The van der Waals surface area contributed by atoms with Crippen molar-refractivity contribution in [2.24, 2.45) is 5.92 Å². The molecular formula is C16H23F2NO2. The molecule has 5 heteroatoms. The molecular weight excluding hydrogens is 276 g/mol. The average Bonchev–Trinajstić information content (AvgIpc) is 2.48. The first-order chi connectivity index (χ1) is 10.1. The van der Waals surface area contributed by atoms with Crippen LogP contribution in [0.2, 0.25) is 0 Å². The van der Waals surface area contributed by atoms with Gasteiger partial charge in [0.25, 0.3) is 0 Å². The molecule has 1 atom stereocenters. The van der Waals surface area contributed by atoms with Crippen molar-refractivity contribution < 1.29 is 18.6 Å². The van der Waals surface area contributed by atoms with Crippen molar-refractivity contribution in [3.63, 3.8) is 0 Å². The lowest BCUT2D eigenvalue weighted by atomic mass is 9.99. The molecule has 3 nitrogen and oxygen atoms in total. The minimum Gasteiger partial charge on any atom is -0.388 e. The minimum absolute atomic E-state index is 0.0365. The van der Waals surface area contributed by atoms with Gasteiger partial charge in [-0.05, 0) is 38.3 Å². The summed E-state index contributed by atoms with van der Waals surface area (Å²) in [4.78, 5) is 2.14. The molecule has 0 aliphatic carbocycles. The van der Waals surface area contributed by atoms with Crippen molar-refractivity contribution in [2.75, 3.05) is 33.4 Å². The van der Waals surface area contributed by atoms with Crippen molar-refractivity contribution in [3.05, 3.63) is 35.4 Å². The fraction of sp³-hybridized carbons (Fsp3) is 0.625. The molecule has 0 saturated carbocycles. The van der Waals surface area contributed by atoms with Crippen LogP contribution in [0.1, 0.15) is 30.9 Å². The molecule has 0 bridgehead atoms. The van der Waals surface area contributed by atoms with E-state index in [1.165, 1.54) is 12.1 Å². The summed E-state index contributed by atoms with van der Waals surface area (Å²) < 4.78 is 32.1. The first kappa shape index (κ1) is 16.3. The first-order valence-electron chi connectivity index (χ1n) is 7.46.